The van der Waals surface area contributed by atoms with Crippen LogP contribution in [0.3, 0.4) is 0 Å². The van der Waals surface area contributed by atoms with Crippen LogP contribution in [-0.4, -0.2) is 36.4 Å². The highest BCUT2D eigenvalue weighted by molar-refractivity contribution is 5.96. The summed E-state index contributed by atoms with van der Waals surface area (Å²) in [5.41, 5.74) is 0.582. The molecule has 2 aromatic rings. The van der Waals surface area contributed by atoms with Crippen molar-refractivity contribution >= 4 is 12.2 Å². The number of methoxy groups -OCH3 is 2. The Morgan fingerprint density at radius 1 is 1.22 bits per heavy atom. The van der Waals surface area contributed by atoms with Gasteiger partial charge >= 0.3 is 0 Å². The molecule has 0 aliphatic rings. The zero-order valence-electron chi connectivity index (χ0n) is 12.5. The van der Waals surface area contributed by atoms with Crippen LogP contribution in [0.2, 0.25) is 0 Å². The van der Waals surface area contributed by atoms with Crippen molar-refractivity contribution < 1.29 is 23.5 Å². The molecule has 1 N–H and O–H groups in total. The molecule has 2 rings (SSSR count). The molecule has 1 amide bonds. The standard InChI is InChI=1S/C15H14FN3O4/c1-22-13-12(18-11(8-20)19-15(13)23-2)14(21)17-7-9-3-5-10(16)6-4-9/h3-6,8H,7H2,1-2H3,(H,17,21). The van der Waals surface area contributed by atoms with E-state index in [1.165, 1.54) is 26.4 Å². The van der Waals surface area contributed by atoms with Crippen molar-refractivity contribution in [3.05, 3.63) is 47.2 Å². The predicted octanol–water partition coefficient (Wildman–Crippen LogP) is 1.38. The second-order valence-corrected chi connectivity index (χ2v) is 4.40. The van der Waals surface area contributed by atoms with Crippen molar-refractivity contribution in [2.24, 2.45) is 0 Å². The van der Waals surface area contributed by atoms with E-state index in [1.807, 2.05) is 0 Å². The zero-order chi connectivity index (χ0) is 16.8. The number of nitrogens with zero attached hydrogens (tertiary/aromatic N) is 2. The minimum Gasteiger partial charge on any atom is -0.489 e. The summed E-state index contributed by atoms with van der Waals surface area (Å²) < 4.78 is 22.9. The molecule has 0 aliphatic heterocycles. The molecule has 0 atom stereocenters. The molecule has 0 bridgehead atoms. The minimum atomic E-state index is -0.574. The lowest BCUT2D eigenvalue weighted by molar-refractivity contribution is 0.0941. The Bertz CT molecular complexity index is 719. The molecule has 8 heteroatoms. The van der Waals surface area contributed by atoms with E-state index in [4.69, 9.17) is 9.47 Å². The lowest BCUT2D eigenvalue weighted by Crippen LogP contribution is -2.25. The molecular weight excluding hydrogens is 305 g/mol. The number of carbonyl (C=O) groups is 2. The van der Waals surface area contributed by atoms with Crippen LogP contribution in [-0.2, 0) is 6.54 Å². The Balaban J connectivity index is 2.23. The molecular formula is C15H14FN3O4. The third kappa shape index (κ3) is 3.79. The first-order valence-corrected chi connectivity index (χ1v) is 6.57. The van der Waals surface area contributed by atoms with Crippen molar-refractivity contribution in [3.63, 3.8) is 0 Å². The molecule has 120 valence electrons. The molecule has 0 saturated carbocycles. The third-order valence-electron chi connectivity index (χ3n) is 2.94. The van der Waals surface area contributed by atoms with Crippen LogP contribution >= 0.6 is 0 Å². The lowest BCUT2D eigenvalue weighted by atomic mass is 10.2. The van der Waals surface area contributed by atoms with E-state index in [0.29, 0.717) is 11.8 Å². The maximum absolute atomic E-state index is 12.8. The van der Waals surface area contributed by atoms with Gasteiger partial charge in [0, 0.05) is 6.54 Å². The number of benzene rings is 1. The van der Waals surface area contributed by atoms with Gasteiger partial charge in [0.25, 0.3) is 11.8 Å². The molecule has 1 heterocycles. The Morgan fingerprint density at radius 3 is 2.48 bits per heavy atom. The molecule has 23 heavy (non-hydrogen) atoms. The number of carbonyl (C=O) groups excluding carboxylic acids is 2. The summed E-state index contributed by atoms with van der Waals surface area (Å²) in [6.45, 7) is 0.158. The normalized spacial score (nSPS) is 10.0. The molecule has 0 saturated heterocycles. The number of amides is 1. The van der Waals surface area contributed by atoms with Gasteiger partial charge in [-0.25, -0.2) is 9.37 Å². The number of halogens is 1. The fourth-order valence-corrected chi connectivity index (χ4v) is 1.84. The van der Waals surface area contributed by atoms with Crippen LogP contribution < -0.4 is 14.8 Å². The number of hydrogen-bond donors (Lipinski definition) is 1. The highest BCUT2D eigenvalue weighted by Gasteiger charge is 2.21. The summed E-state index contributed by atoms with van der Waals surface area (Å²) in [5.74, 6) is -1.13. The van der Waals surface area contributed by atoms with Gasteiger partial charge in [-0.15, -0.1) is 0 Å². The second-order valence-electron chi connectivity index (χ2n) is 4.40. The van der Waals surface area contributed by atoms with E-state index >= 15 is 0 Å². The molecule has 1 aromatic heterocycles. The van der Waals surface area contributed by atoms with Crippen molar-refractivity contribution in [3.8, 4) is 11.6 Å². The molecule has 0 aliphatic carbocycles. The number of rotatable bonds is 6. The van der Waals surface area contributed by atoms with Gasteiger partial charge in [-0.2, -0.15) is 4.98 Å². The van der Waals surface area contributed by atoms with E-state index in [2.05, 4.69) is 15.3 Å². The monoisotopic (exact) mass is 319 g/mol. The maximum atomic E-state index is 12.8. The largest absolute Gasteiger partial charge is 0.489 e. The molecule has 0 radical (unpaired) electrons. The van der Waals surface area contributed by atoms with E-state index in [-0.39, 0.29) is 35.5 Å². The Kier molecular flexibility index (Phi) is 5.19. The first-order valence-electron chi connectivity index (χ1n) is 6.57. The van der Waals surface area contributed by atoms with Gasteiger partial charge in [0.15, 0.2) is 17.8 Å². The summed E-state index contributed by atoms with van der Waals surface area (Å²) in [6, 6.07) is 5.68. The number of aldehydes is 1. The summed E-state index contributed by atoms with van der Waals surface area (Å²) in [5, 5.41) is 2.61. The molecule has 0 unspecified atom stereocenters. The van der Waals surface area contributed by atoms with Gasteiger partial charge in [-0.3, -0.25) is 9.59 Å². The van der Waals surface area contributed by atoms with Gasteiger partial charge < -0.3 is 14.8 Å². The van der Waals surface area contributed by atoms with Crippen LogP contribution in [0.25, 0.3) is 0 Å². The fraction of sp³-hybridized carbons (Fsp3) is 0.200. The quantitative estimate of drug-likeness (QED) is 0.809. The topological polar surface area (TPSA) is 90.4 Å². The molecule has 0 spiro atoms. The van der Waals surface area contributed by atoms with E-state index in [1.54, 1.807) is 12.1 Å². The van der Waals surface area contributed by atoms with Gasteiger partial charge in [0.05, 0.1) is 14.2 Å². The first kappa shape index (κ1) is 16.3. The summed E-state index contributed by atoms with van der Waals surface area (Å²) in [4.78, 5) is 30.8. The Morgan fingerprint density at radius 2 is 1.91 bits per heavy atom. The molecule has 7 nitrogen and oxygen atoms in total. The van der Waals surface area contributed by atoms with Crippen molar-refractivity contribution in [2.45, 2.75) is 6.54 Å². The number of aromatic nitrogens is 2. The fourth-order valence-electron chi connectivity index (χ4n) is 1.84. The number of hydrogen-bond acceptors (Lipinski definition) is 6. The van der Waals surface area contributed by atoms with Gasteiger partial charge in [-0.05, 0) is 17.7 Å². The van der Waals surface area contributed by atoms with Crippen LogP contribution in [0.4, 0.5) is 4.39 Å². The second kappa shape index (κ2) is 7.30. The Hall–Kier alpha value is -3.03. The van der Waals surface area contributed by atoms with Gasteiger partial charge in [0.1, 0.15) is 5.82 Å². The third-order valence-corrected chi connectivity index (χ3v) is 2.94. The minimum absolute atomic E-state index is 0.0171. The van der Waals surface area contributed by atoms with Crippen LogP contribution in [0, 0.1) is 5.82 Å². The smallest absolute Gasteiger partial charge is 0.274 e. The molecule has 0 fully saturated rings. The maximum Gasteiger partial charge on any atom is 0.274 e. The highest BCUT2D eigenvalue weighted by Crippen LogP contribution is 2.27. The average molecular weight is 319 g/mol. The van der Waals surface area contributed by atoms with E-state index in [9.17, 15) is 14.0 Å². The Labute approximate surface area is 131 Å². The van der Waals surface area contributed by atoms with Crippen LogP contribution in [0.5, 0.6) is 11.6 Å². The summed E-state index contributed by atoms with van der Waals surface area (Å²) in [6.07, 6.45) is 0.402. The first-order chi connectivity index (χ1) is 11.1. The van der Waals surface area contributed by atoms with Crippen molar-refractivity contribution in [1.29, 1.82) is 0 Å². The highest BCUT2D eigenvalue weighted by atomic mass is 19.1. The zero-order valence-corrected chi connectivity index (χ0v) is 12.5. The lowest BCUT2D eigenvalue weighted by Gasteiger charge is -2.11. The molecule has 1 aromatic carbocycles. The van der Waals surface area contributed by atoms with Gasteiger partial charge in [0.2, 0.25) is 5.75 Å². The SMILES string of the molecule is COc1nc(C=O)nc(C(=O)NCc2ccc(F)cc2)c1OC. The number of ether oxygens (including phenoxy) is 2. The number of nitrogens with one attached hydrogen (secondary N) is 1. The van der Waals surface area contributed by atoms with E-state index in [0.717, 1.165) is 0 Å². The predicted molar refractivity (Wildman–Crippen MR) is 78.1 cm³/mol. The van der Waals surface area contributed by atoms with Crippen LogP contribution in [0.1, 0.15) is 26.7 Å². The van der Waals surface area contributed by atoms with Crippen molar-refractivity contribution in [2.75, 3.05) is 14.2 Å². The van der Waals surface area contributed by atoms with Crippen LogP contribution in [0.15, 0.2) is 24.3 Å². The summed E-state index contributed by atoms with van der Waals surface area (Å²) >= 11 is 0. The average Bonchev–Trinajstić information content (AvgIpc) is 2.59. The summed E-state index contributed by atoms with van der Waals surface area (Å²) in [7, 11) is 2.66. The van der Waals surface area contributed by atoms with E-state index < -0.39 is 5.91 Å². The van der Waals surface area contributed by atoms with Crippen molar-refractivity contribution in [1.82, 2.24) is 15.3 Å². The van der Waals surface area contributed by atoms with Gasteiger partial charge in [-0.1, -0.05) is 12.1 Å².